The van der Waals surface area contributed by atoms with Crippen LogP contribution in [0.15, 0.2) is 72.9 Å². The fourth-order valence-corrected chi connectivity index (χ4v) is 4.12. The molecule has 8 heteroatoms. The average molecular weight is 520 g/mol. The minimum Gasteiger partial charge on any atom is -0.469 e. The van der Waals surface area contributed by atoms with Gasteiger partial charge in [0, 0.05) is 31.0 Å². The molecular formula is C30H31F2N3O3. The zero-order valence-electron chi connectivity index (χ0n) is 21.7. The topological polar surface area (TPSA) is 85.5 Å². The molecule has 0 unspecified atom stereocenters. The van der Waals surface area contributed by atoms with Crippen LogP contribution in [0.2, 0.25) is 0 Å². The van der Waals surface area contributed by atoms with E-state index in [0.29, 0.717) is 12.8 Å². The van der Waals surface area contributed by atoms with E-state index in [2.05, 4.69) is 66.4 Å². The van der Waals surface area contributed by atoms with Gasteiger partial charge in [0.05, 0.1) is 12.8 Å². The number of esters is 1. The van der Waals surface area contributed by atoms with E-state index in [1.165, 1.54) is 29.0 Å². The lowest BCUT2D eigenvalue weighted by atomic mass is 9.98. The van der Waals surface area contributed by atoms with Crippen LogP contribution in [-0.2, 0) is 28.9 Å². The Hall–Kier alpha value is -4.17. The van der Waals surface area contributed by atoms with Crippen LogP contribution in [0.25, 0.3) is 10.8 Å². The van der Waals surface area contributed by atoms with E-state index in [4.69, 9.17) is 10.5 Å². The van der Waals surface area contributed by atoms with Gasteiger partial charge in [-0.25, -0.2) is 8.78 Å². The molecule has 0 bridgehead atoms. The lowest BCUT2D eigenvalue weighted by Gasteiger charge is -2.14. The van der Waals surface area contributed by atoms with E-state index in [0.717, 1.165) is 42.4 Å². The maximum atomic E-state index is 12.6. The molecule has 3 aromatic carbocycles. The van der Waals surface area contributed by atoms with Gasteiger partial charge in [0.1, 0.15) is 17.2 Å². The number of halogens is 2. The summed E-state index contributed by atoms with van der Waals surface area (Å²) in [5, 5.41) is 2.47. The fourth-order valence-electron chi connectivity index (χ4n) is 4.12. The number of benzene rings is 3. The van der Waals surface area contributed by atoms with Gasteiger partial charge in [-0.2, -0.15) is 0 Å². The van der Waals surface area contributed by atoms with Crippen LogP contribution in [0.1, 0.15) is 39.2 Å². The highest BCUT2D eigenvalue weighted by molar-refractivity contribution is 5.93. The number of amides is 1. The van der Waals surface area contributed by atoms with Crippen LogP contribution in [0.3, 0.4) is 0 Å². The molecular weight excluding hydrogens is 488 g/mol. The van der Waals surface area contributed by atoms with E-state index in [-0.39, 0.29) is 5.97 Å². The molecule has 0 saturated heterocycles. The average Bonchev–Trinajstić information content (AvgIpc) is 2.88. The molecule has 6 nitrogen and oxygen atoms in total. The zero-order chi connectivity index (χ0) is 27.7. The molecule has 0 atom stereocenters. The number of nitrogens with zero attached hydrogens (tertiary/aromatic N) is 2. The summed E-state index contributed by atoms with van der Waals surface area (Å²) in [4.78, 5) is 28.6. The number of hydrogen-bond donors (Lipinski definition) is 1. The molecule has 0 spiro atoms. The molecule has 0 fully saturated rings. The maximum absolute atomic E-state index is 12.6. The van der Waals surface area contributed by atoms with Crippen LogP contribution < -0.4 is 5.73 Å². The molecule has 38 heavy (non-hydrogen) atoms. The number of nitrogens with two attached hydrogens (primary N) is 1. The van der Waals surface area contributed by atoms with Gasteiger partial charge in [0.2, 0.25) is 0 Å². The van der Waals surface area contributed by atoms with Crippen LogP contribution in [0.4, 0.5) is 8.78 Å². The Balaban J connectivity index is 0.000000304. The van der Waals surface area contributed by atoms with E-state index in [9.17, 15) is 18.4 Å². The van der Waals surface area contributed by atoms with Gasteiger partial charge >= 0.3 is 5.97 Å². The quantitative estimate of drug-likeness (QED) is 0.329. The summed E-state index contributed by atoms with van der Waals surface area (Å²) in [6.07, 6.45) is 3.77. The van der Waals surface area contributed by atoms with Gasteiger partial charge < -0.3 is 15.4 Å². The van der Waals surface area contributed by atoms with Crippen molar-refractivity contribution in [1.29, 1.82) is 0 Å². The SMILES string of the molecule is COC(=O)CCc1cccc(Cc2nccc3c(CN(C)C)cccc23)c1.NC(=O)c1c(F)cccc1F. The lowest BCUT2D eigenvalue weighted by molar-refractivity contribution is -0.140. The van der Waals surface area contributed by atoms with Gasteiger partial charge in [0.25, 0.3) is 5.91 Å². The molecule has 0 radical (unpaired) electrons. The smallest absolute Gasteiger partial charge is 0.305 e. The molecule has 1 aromatic heterocycles. The van der Waals surface area contributed by atoms with Crippen molar-refractivity contribution in [2.75, 3.05) is 21.2 Å². The third kappa shape index (κ3) is 7.66. The zero-order valence-corrected chi connectivity index (χ0v) is 21.7. The van der Waals surface area contributed by atoms with Crippen LogP contribution in [0, 0.1) is 11.6 Å². The summed E-state index contributed by atoms with van der Waals surface area (Å²) < 4.78 is 29.9. The van der Waals surface area contributed by atoms with Gasteiger partial charge in [-0.3, -0.25) is 14.6 Å². The monoisotopic (exact) mass is 519 g/mol. The summed E-state index contributed by atoms with van der Waals surface area (Å²) in [5.74, 6) is -3.14. The summed E-state index contributed by atoms with van der Waals surface area (Å²) in [6.45, 7) is 0.907. The Morgan fingerprint density at radius 2 is 1.58 bits per heavy atom. The van der Waals surface area contributed by atoms with Gasteiger partial charge in [-0.05, 0) is 60.8 Å². The molecule has 4 rings (SSSR count). The number of rotatable bonds is 8. The van der Waals surface area contributed by atoms with Crippen molar-refractivity contribution >= 4 is 22.6 Å². The number of carbonyl (C=O) groups is 2. The van der Waals surface area contributed by atoms with E-state index >= 15 is 0 Å². The molecule has 4 aromatic rings. The third-order valence-electron chi connectivity index (χ3n) is 5.88. The van der Waals surface area contributed by atoms with Crippen molar-refractivity contribution in [2.24, 2.45) is 5.73 Å². The largest absolute Gasteiger partial charge is 0.469 e. The predicted octanol–water partition coefficient (Wildman–Crippen LogP) is 5.06. The highest BCUT2D eigenvalue weighted by Crippen LogP contribution is 2.24. The Labute approximate surface area is 221 Å². The van der Waals surface area contributed by atoms with Crippen molar-refractivity contribution in [3.63, 3.8) is 0 Å². The summed E-state index contributed by atoms with van der Waals surface area (Å²) in [6, 6.07) is 20.0. The predicted molar refractivity (Wildman–Crippen MR) is 144 cm³/mol. The second-order valence-electron chi connectivity index (χ2n) is 9.04. The number of ether oxygens (including phenoxy) is 1. The molecule has 2 N–H and O–H groups in total. The number of hydrogen-bond acceptors (Lipinski definition) is 5. The molecule has 0 aliphatic rings. The highest BCUT2D eigenvalue weighted by atomic mass is 19.1. The van der Waals surface area contributed by atoms with Crippen LogP contribution >= 0.6 is 0 Å². The number of pyridine rings is 1. The third-order valence-corrected chi connectivity index (χ3v) is 5.88. The van der Waals surface area contributed by atoms with E-state index in [1.807, 2.05) is 12.3 Å². The minimum absolute atomic E-state index is 0.176. The second-order valence-corrected chi connectivity index (χ2v) is 9.04. The lowest BCUT2D eigenvalue weighted by Crippen LogP contribution is -2.15. The van der Waals surface area contributed by atoms with Gasteiger partial charge in [0.15, 0.2) is 0 Å². The Morgan fingerprint density at radius 1 is 0.921 bits per heavy atom. The van der Waals surface area contributed by atoms with Crippen molar-refractivity contribution in [3.8, 4) is 0 Å². The van der Waals surface area contributed by atoms with Crippen molar-refractivity contribution in [2.45, 2.75) is 25.8 Å². The highest BCUT2D eigenvalue weighted by Gasteiger charge is 2.13. The first-order valence-corrected chi connectivity index (χ1v) is 12.1. The summed E-state index contributed by atoms with van der Waals surface area (Å²) in [5.41, 5.74) is 8.75. The molecule has 1 amide bonds. The molecule has 0 saturated carbocycles. The normalized spacial score (nSPS) is 10.7. The number of methoxy groups -OCH3 is 1. The van der Waals surface area contributed by atoms with Crippen LogP contribution in [0.5, 0.6) is 0 Å². The maximum Gasteiger partial charge on any atom is 0.305 e. The summed E-state index contributed by atoms with van der Waals surface area (Å²) in [7, 11) is 5.59. The Kier molecular flexibility index (Phi) is 10.0. The first-order valence-electron chi connectivity index (χ1n) is 12.1. The molecule has 0 aliphatic heterocycles. The molecule has 0 aliphatic carbocycles. The first kappa shape index (κ1) is 28.4. The summed E-state index contributed by atoms with van der Waals surface area (Å²) >= 11 is 0. The Bertz CT molecular complexity index is 1400. The second kappa shape index (κ2) is 13.4. The van der Waals surface area contributed by atoms with E-state index in [1.54, 1.807) is 0 Å². The molecule has 1 heterocycles. The van der Waals surface area contributed by atoms with Gasteiger partial charge in [-0.1, -0.05) is 48.5 Å². The number of carbonyl (C=O) groups excluding carboxylic acids is 2. The molecule has 198 valence electrons. The van der Waals surface area contributed by atoms with Gasteiger partial charge in [-0.15, -0.1) is 0 Å². The number of fused-ring (bicyclic) bond motifs is 1. The van der Waals surface area contributed by atoms with Crippen molar-refractivity contribution in [3.05, 3.63) is 113 Å². The fraction of sp³-hybridized carbons (Fsp3) is 0.233. The number of aromatic nitrogens is 1. The van der Waals surface area contributed by atoms with Crippen molar-refractivity contribution in [1.82, 2.24) is 9.88 Å². The van der Waals surface area contributed by atoms with Crippen LogP contribution in [-0.4, -0.2) is 43.0 Å². The first-order chi connectivity index (χ1) is 18.2. The minimum atomic E-state index is -1.10. The number of aryl methyl sites for hydroxylation is 1. The van der Waals surface area contributed by atoms with Crippen molar-refractivity contribution < 1.29 is 23.1 Å². The number of primary amides is 1. The Morgan fingerprint density at radius 3 is 2.21 bits per heavy atom. The standard InChI is InChI=1S/C23H26N2O2.C7H5F2NO/c1-25(2)16-19-8-5-9-21-20(19)12-13-24-22(21)15-18-7-4-6-17(14-18)10-11-23(26)27-3;8-4-2-1-3-5(9)6(4)7(10)11/h4-9,12-14H,10-11,15-16H2,1-3H3;1-3H,(H2,10,11). The van der Waals surface area contributed by atoms with E-state index < -0.39 is 23.1 Å².